The van der Waals surface area contributed by atoms with Crippen LogP contribution in [0.3, 0.4) is 0 Å². The summed E-state index contributed by atoms with van der Waals surface area (Å²) in [7, 11) is -0.912. The van der Waals surface area contributed by atoms with Gasteiger partial charge < -0.3 is 18.0 Å². The SMILES string of the molecule is C=CC(=O)OCC[N+](C)(C)Cc1cc(OS(=O)(=O)[O-])ccc1C. The van der Waals surface area contributed by atoms with Gasteiger partial charge in [0, 0.05) is 11.6 Å². The molecule has 0 saturated carbocycles. The van der Waals surface area contributed by atoms with Gasteiger partial charge in [-0.3, -0.25) is 0 Å². The minimum absolute atomic E-state index is 0.0151. The Morgan fingerprint density at radius 1 is 1.39 bits per heavy atom. The summed E-state index contributed by atoms with van der Waals surface area (Å²) in [5.74, 6) is -0.490. The summed E-state index contributed by atoms with van der Waals surface area (Å²) in [5, 5.41) is 0. The van der Waals surface area contributed by atoms with Crippen molar-refractivity contribution in [2.24, 2.45) is 0 Å². The quantitative estimate of drug-likeness (QED) is 0.231. The van der Waals surface area contributed by atoms with Gasteiger partial charge in [0.1, 0.15) is 25.4 Å². The molecule has 0 spiro atoms. The van der Waals surface area contributed by atoms with Crippen molar-refractivity contribution in [2.75, 3.05) is 27.2 Å². The Balaban J connectivity index is 2.79. The summed E-state index contributed by atoms with van der Waals surface area (Å²) in [4.78, 5) is 11.0. The number of carbonyl (C=O) groups excluding carboxylic acids is 1. The monoisotopic (exact) mass is 343 g/mol. The normalized spacial score (nSPS) is 11.8. The van der Waals surface area contributed by atoms with Gasteiger partial charge in [-0.05, 0) is 24.6 Å². The van der Waals surface area contributed by atoms with Gasteiger partial charge in [0.15, 0.2) is 0 Å². The first-order valence-electron chi connectivity index (χ1n) is 6.88. The van der Waals surface area contributed by atoms with Crippen LogP contribution in [0.15, 0.2) is 30.9 Å². The van der Waals surface area contributed by atoms with E-state index >= 15 is 0 Å². The highest BCUT2D eigenvalue weighted by Crippen LogP contribution is 2.21. The van der Waals surface area contributed by atoms with Crippen molar-refractivity contribution in [2.45, 2.75) is 13.5 Å². The fourth-order valence-corrected chi connectivity index (χ4v) is 2.32. The van der Waals surface area contributed by atoms with E-state index < -0.39 is 16.4 Å². The average molecular weight is 343 g/mol. The van der Waals surface area contributed by atoms with Crippen molar-refractivity contribution in [1.82, 2.24) is 0 Å². The topological polar surface area (TPSA) is 92.7 Å². The lowest BCUT2D eigenvalue weighted by Crippen LogP contribution is -2.41. The Hall–Kier alpha value is -1.90. The summed E-state index contributed by atoms with van der Waals surface area (Å²) in [5.41, 5.74) is 1.78. The number of aryl methyl sites for hydroxylation is 1. The molecule has 0 saturated heterocycles. The van der Waals surface area contributed by atoms with Gasteiger partial charge in [-0.25, -0.2) is 13.2 Å². The molecule has 0 amide bonds. The molecular formula is C15H21NO6S. The second kappa shape index (κ2) is 7.58. The van der Waals surface area contributed by atoms with Crippen LogP contribution in [-0.2, 0) is 26.5 Å². The average Bonchev–Trinajstić information content (AvgIpc) is 2.40. The van der Waals surface area contributed by atoms with Crippen LogP contribution >= 0.6 is 0 Å². The summed E-state index contributed by atoms with van der Waals surface area (Å²) in [6, 6.07) is 4.65. The van der Waals surface area contributed by atoms with Crippen molar-refractivity contribution in [3.8, 4) is 5.75 Å². The first-order chi connectivity index (χ1) is 10.5. The number of ether oxygens (including phenoxy) is 1. The summed E-state index contributed by atoms with van der Waals surface area (Å²) in [6.45, 7) is 6.55. The lowest BCUT2D eigenvalue weighted by atomic mass is 10.1. The molecule has 1 rings (SSSR count). The molecule has 0 radical (unpaired) electrons. The van der Waals surface area contributed by atoms with E-state index in [1.165, 1.54) is 12.1 Å². The van der Waals surface area contributed by atoms with Crippen molar-refractivity contribution in [3.63, 3.8) is 0 Å². The molecule has 0 atom stereocenters. The standard InChI is InChI=1S/C15H21NO6S/c1-5-15(17)21-9-8-16(3,4)11-13-10-14(7-6-12(13)2)22-23(18,19)20/h5-7,10H,1,8-9,11H2,2-4H3. The summed E-state index contributed by atoms with van der Waals surface area (Å²) in [6.07, 6.45) is 1.11. The van der Waals surface area contributed by atoms with E-state index in [4.69, 9.17) is 4.74 Å². The second-order valence-corrected chi connectivity index (χ2v) is 6.75. The van der Waals surface area contributed by atoms with Gasteiger partial charge in [0.25, 0.3) is 10.4 Å². The molecule has 0 aliphatic heterocycles. The number of hydrogen-bond donors (Lipinski definition) is 0. The van der Waals surface area contributed by atoms with E-state index in [-0.39, 0.29) is 12.4 Å². The van der Waals surface area contributed by atoms with E-state index in [9.17, 15) is 17.8 Å². The number of benzene rings is 1. The number of esters is 1. The smallest absolute Gasteiger partial charge is 0.330 e. The Morgan fingerprint density at radius 3 is 2.61 bits per heavy atom. The van der Waals surface area contributed by atoms with Gasteiger partial charge in [0.05, 0.1) is 14.1 Å². The highest BCUT2D eigenvalue weighted by molar-refractivity contribution is 7.81. The summed E-state index contributed by atoms with van der Waals surface area (Å²) < 4.78 is 41.9. The molecule has 23 heavy (non-hydrogen) atoms. The minimum atomic E-state index is -4.80. The van der Waals surface area contributed by atoms with Crippen LogP contribution in [0.1, 0.15) is 11.1 Å². The third-order valence-electron chi connectivity index (χ3n) is 3.22. The molecule has 0 bridgehead atoms. The zero-order valence-electron chi connectivity index (χ0n) is 13.4. The molecule has 128 valence electrons. The molecule has 0 fully saturated rings. The number of nitrogens with zero attached hydrogens (tertiary/aromatic N) is 1. The molecule has 8 heteroatoms. The molecule has 7 nitrogen and oxygen atoms in total. The van der Waals surface area contributed by atoms with Gasteiger partial charge in [-0.2, -0.15) is 0 Å². The highest BCUT2D eigenvalue weighted by atomic mass is 32.3. The zero-order valence-corrected chi connectivity index (χ0v) is 14.3. The predicted octanol–water partition coefficient (Wildman–Crippen LogP) is 1.14. The second-order valence-electron chi connectivity index (χ2n) is 5.77. The number of hydrogen-bond acceptors (Lipinski definition) is 6. The maximum Gasteiger partial charge on any atom is 0.330 e. The highest BCUT2D eigenvalue weighted by Gasteiger charge is 2.18. The van der Waals surface area contributed by atoms with Crippen LogP contribution in [0.2, 0.25) is 0 Å². The maximum absolute atomic E-state index is 11.0. The molecule has 0 aliphatic carbocycles. The number of likely N-dealkylation sites (N-methyl/N-ethyl adjacent to an activating group) is 1. The Labute approximate surface area is 136 Å². The van der Waals surface area contributed by atoms with E-state index in [1.54, 1.807) is 6.07 Å². The Kier molecular flexibility index (Phi) is 6.31. The van der Waals surface area contributed by atoms with Gasteiger partial charge in [-0.15, -0.1) is 0 Å². The van der Waals surface area contributed by atoms with Crippen LogP contribution < -0.4 is 4.18 Å². The zero-order chi connectivity index (χ0) is 17.7. The Morgan fingerprint density at radius 2 is 2.04 bits per heavy atom. The van der Waals surface area contributed by atoms with Gasteiger partial charge in [-0.1, -0.05) is 12.6 Å². The predicted molar refractivity (Wildman–Crippen MR) is 83.3 cm³/mol. The molecule has 0 aromatic heterocycles. The molecule has 0 aliphatic rings. The Bertz CT molecular complexity index is 681. The third kappa shape index (κ3) is 7.27. The van der Waals surface area contributed by atoms with Crippen molar-refractivity contribution in [1.29, 1.82) is 0 Å². The molecule has 0 unspecified atom stereocenters. The summed E-state index contributed by atoms with van der Waals surface area (Å²) >= 11 is 0. The van der Waals surface area contributed by atoms with Crippen LogP contribution in [-0.4, -0.2) is 50.7 Å². The first kappa shape index (κ1) is 19.1. The van der Waals surface area contributed by atoms with Gasteiger partial charge >= 0.3 is 5.97 Å². The fourth-order valence-electron chi connectivity index (χ4n) is 1.98. The van der Waals surface area contributed by atoms with E-state index in [2.05, 4.69) is 10.8 Å². The van der Waals surface area contributed by atoms with Gasteiger partial charge in [0.2, 0.25) is 0 Å². The van der Waals surface area contributed by atoms with Crippen molar-refractivity contribution >= 4 is 16.4 Å². The molecule has 1 aromatic carbocycles. The van der Waals surface area contributed by atoms with Crippen LogP contribution in [0.4, 0.5) is 0 Å². The van der Waals surface area contributed by atoms with Crippen LogP contribution in [0.5, 0.6) is 5.75 Å². The number of quaternary nitrogens is 1. The van der Waals surface area contributed by atoms with Crippen LogP contribution in [0, 0.1) is 6.92 Å². The minimum Gasteiger partial charge on any atom is -0.716 e. The largest absolute Gasteiger partial charge is 0.716 e. The van der Waals surface area contributed by atoms with E-state index in [0.717, 1.165) is 17.2 Å². The van der Waals surface area contributed by atoms with Crippen molar-refractivity contribution < 1.29 is 31.2 Å². The lowest BCUT2D eigenvalue weighted by molar-refractivity contribution is -0.903. The maximum atomic E-state index is 11.0. The lowest BCUT2D eigenvalue weighted by Gasteiger charge is -2.30. The van der Waals surface area contributed by atoms with Crippen molar-refractivity contribution in [3.05, 3.63) is 42.0 Å². The van der Waals surface area contributed by atoms with E-state index in [0.29, 0.717) is 17.6 Å². The first-order valence-corrected chi connectivity index (χ1v) is 8.22. The molecule has 0 heterocycles. The molecule has 0 N–H and O–H groups in total. The molecule has 1 aromatic rings. The number of rotatable bonds is 8. The van der Waals surface area contributed by atoms with E-state index in [1.807, 2.05) is 21.0 Å². The number of carbonyl (C=O) groups is 1. The molecular weight excluding hydrogens is 322 g/mol. The third-order valence-corrected chi connectivity index (χ3v) is 3.62. The van der Waals surface area contributed by atoms with Crippen LogP contribution in [0.25, 0.3) is 0 Å². The fraction of sp³-hybridized carbons (Fsp3) is 0.400.